The van der Waals surface area contributed by atoms with Crippen molar-refractivity contribution < 1.29 is 19.1 Å². The van der Waals surface area contributed by atoms with E-state index in [9.17, 15) is 14.4 Å². The molecule has 1 rings (SSSR count). The Balaban J connectivity index is 2.11. The summed E-state index contributed by atoms with van der Waals surface area (Å²) in [5, 5.41) is 5.26. The van der Waals surface area contributed by atoms with Crippen LogP contribution in [0.1, 0.15) is 18.4 Å². The molecule has 0 bridgehead atoms. The molecular weight excluding hydrogens is 272 g/mol. The minimum Gasteiger partial charge on any atom is -0.469 e. The van der Waals surface area contributed by atoms with Crippen molar-refractivity contribution in [3.05, 3.63) is 35.9 Å². The lowest BCUT2D eigenvalue weighted by Gasteiger charge is -2.06. The second kappa shape index (κ2) is 9.52. The number of carbonyl (C=O) groups excluding carboxylic acids is 3. The minimum atomic E-state index is -0.369. The second-order valence-electron chi connectivity index (χ2n) is 4.44. The number of benzene rings is 1. The monoisotopic (exact) mass is 292 g/mol. The number of hydrogen-bond acceptors (Lipinski definition) is 4. The van der Waals surface area contributed by atoms with Crippen molar-refractivity contribution in [1.29, 1.82) is 0 Å². The van der Waals surface area contributed by atoms with E-state index in [-0.39, 0.29) is 43.7 Å². The highest BCUT2D eigenvalue weighted by Crippen LogP contribution is 1.98. The topological polar surface area (TPSA) is 84.5 Å². The lowest BCUT2D eigenvalue weighted by Crippen LogP contribution is -2.32. The van der Waals surface area contributed by atoms with Gasteiger partial charge in [0.1, 0.15) is 0 Å². The molecule has 0 unspecified atom stereocenters. The van der Waals surface area contributed by atoms with Gasteiger partial charge in [-0.05, 0) is 5.56 Å². The standard InChI is InChI=1S/C15H20N2O4/c1-21-15(20)8-10-16-13(18)7-9-17-14(19)11-12-5-3-2-4-6-12/h2-6H,7-11H2,1H3,(H,16,18)(H,17,19). The van der Waals surface area contributed by atoms with E-state index >= 15 is 0 Å². The Labute approximate surface area is 123 Å². The lowest BCUT2D eigenvalue weighted by molar-refractivity contribution is -0.140. The summed E-state index contributed by atoms with van der Waals surface area (Å²) in [6, 6.07) is 9.38. The molecule has 0 radical (unpaired) electrons. The normalized spacial score (nSPS) is 9.76. The first-order valence-corrected chi connectivity index (χ1v) is 6.76. The largest absolute Gasteiger partial charge is 0.469 e. The quantitative estimate of drug-likeness (QED) is 0.680. The van der Waals surface area contributed by atoms with Crippen LogP contribution in [0.15, 0.2) is 30.3 Å². The van der Waals surface area contributed by atoms with Crippen molar-refractivity contribution in [2.24, 2.45) is 0 Å². The number of methoxy groups -OCH3 is 1. The summed E-state index contributed by atoms with van der Waals surface area (Å²) in [6.07, 6.45) is 0.620. The molecule has 1 aromatic rings. The number of nitrogens with one attached hydrogen (secondary N) is 2. The summed E-state index contributed by atoms with van der Waals surface area (Å²) in [4.78, 5) is 33.9. The smallest absolute Gasteiger partial charge is 0.307 e. The Kier molecular flexibility index (Phi) is 7.56. The molecule has 0 spiro atoms. The van der Waals surface area contributed by atoms with Gasteiger partial charge in [0.2, 0.25) is 11.8 Å². The maximum Gasteiger partial charge on any atom is 0.307 e. The van der Waals surface area contributed by atoms with Crippen LogP contribution < -0.4 is 10.6 Å². The van der Waals surface area contributed by atoms with Crippen LogP contribution >= 0.6 is 0 Å². The molecule has 6 heteroatoms. The van der Waals surface area contributed by atoms with Gasteiger partial charge in [0.05, 0.1) is 20.0 Å². The van der Waals surface area contributed by atoms with Crippen molar-refractivity contribution in [1.82, 2.24) is 10.6 Å². The molecule has 114 valence electrons. The van der Waals surface area contributed by atoms with Gasteiger partial charge >= 0.3 is 5.97 Å². The molecule has 0 fully saturated rings. The van der Waals surface area contributed by atoms with E-state index in [2.05, 4.69) is 15.4 Å². The molecule has 6 nitrogen and oxygen atoms in total. The maximum absolute atomic E-state index is 11.6. The summed E-state index contributed by atoms with van der Waals surface area (Å²) in [6.45, 7) is 0.513. The number of amides is 2. The first kappa shape index (κ1) is 16.7. The van der Waals surface area contributed by atoms with Gasteiger partial charge in [-0.2, -0.15) is 0 Å². The van der Waals surface area contributed by atoms with E-state index in [1.807, 2.05) is 30.3 Å². The van der Waals surface area contributed by atoms with Crippen LogP contribution in [0.5, 0.6) is 0 Å². The molecular formula is C15H20N2O4. The van der Waals surface area contributed by atoms with E-state index in [1.165, 1.54) is 7.11 Å². The fourth-order valence-electron chi connectivity index (χ4n) is 1.65. The number of rotatable bonds is 8. The Hall–Kier alpha value is -2.37. The van der Waals surface area contributed by atoms with Gasteiger partial charge in [-0.3, -0.25) is 14.4 Å². The van der Waals surface area contributed by atoms with Crippen molar-refractivity contribution in [2.45, 2.75) is 19.3 Å². The van der Waals surface area contributed by atoms with E-state index in [0.717, 1.165) is 5.56 Å². The SMILES string of the molecule is COC(=O)CCNC(=O)CCNC(=O)Cc1ccccc1. The molecule has 0 atom stereocenters. The highest BCUT2D eigenvalue weighted by atomic mass is 16.5. The number of esters is 1. The van der Waals surface area contributed by atoms with Crippen LogP contribution in [0.4, 0.5) is 0 Å². The van der Waals surface area contributed by atoms with Crippen LogP contribution in [-0.2, 0) is 25.5 Å². The van der Waals surface area contributed by atoms with E-state index in [4.69, 9.17) is 0 Å². The molecule has 0 saturated carbocycles. The molecule has 1 aromatic carbocycles. The predicted molar refractivity (Wildman–Crippen MR) is 77.4 cm³/mol. The first-order chi connectivity index (χ1) is 10.1. The van der Waals surface area contributed by atoms with Gasteiger partial charge in [0.25, 0.3) is 0 Å². The Bertz CT molecular complexity index is 474. The molecule has 0 aliphatic heterocycles. The zero-order valence-electron chi connectivity index (χ0n) is 12.1. The molecule has 0 aromatic heterocycles. The van der Waals surface area contributed by atoms with Crippen LogP contribution in [0.25, 0.3) is 0 Å². The zero-order valence-corrected chi connectivity index (χ0v) is 12.1. The van der Waals surface area contributed by atoms with Crippen LogP contribution in [0.2, 0.25) is 0 Å². The lowest BCUT2D eigenvalue weighted by atomic mass is 10.1. The summed E-state index contributed by atoms with van der Waals surface area (Å²) in [5.74, 6) is -0.700. The molecule has 0 saturated heterocycles. The van der Waals surface area contributed by atoms with E-state index in [0.29, 0.717) is 6.42 Å². The third-order valence-electron chi connectivity index (χ3n) is 2.76. The second-order valence-corrected chi connectivity index (χ2v) is 4.44. The van der Waals surface area contributed by atoms with Crippen molar-refractivity contribution in [3.63, 3.8) is 0 Å². The van der Waals surface area contributed by atoms with Crippen LogP contribution in [0.3, 0.4) is 0 Å². The molecule has 21 heavy (non-hydrogen) atoms. The van der Waals surface area contributed by atoms with E-state index < -0.39 is 0 Å². The van der Waals surface area contributed by atoms with Crippen LogP contribution in [-0.4, -0.2) is 38.0 Å². The van der Waals surface area contributed by atoms with Gasteiger partial charge in [-0.1, -0.05) is 30.3 Å². The molecule has 2 N–H and O–H groups in total. The van der Waals surface area contributed by atoms with Gasteiger partial charge < -0.3 is 15.4 Å². The summed E-state index contributed by atoms with van der Waals surface area (Å²) in [7, 11) is 1.30. The predicted octanol–water partition coefficient (Wildman–Crippen LogP) is 0.415. The molecule has 0 aliphatic carbocycles. The van der Waals surface area contributed by atoms with Crippen LogP contribution in [0, 0.1) is 0 Å². The van der Waals surface area contributed by atoms with Crippen molar-refractivity contribution in [3.8, 4) is 0 Å². The van der Waals surface area contributed by atoms with Gasteiger partial charge in [-0.25, -0.2) is 0 Å². The number of ether oxygens (including phenoxy) is 1. The molecule has 0 aliphatic rings. The third-order valence-corrected chi connectivity index (χ3v) is 2.76. The Morgan fingerprint density at radius 1 is 0.952 bits per heavy atom. The first-order valence-electron chi connectivity index (χ1n) is 6.76. The zero-order chi connectivity index (χ0) is 15.5. The summed E-state index contributed by atoms with van der Waals surface area (Å²) in [5.41, 5.74) is 0.928. The van der Waals surface area contributed by atoms with Gasteiger partial charge in [-0.15, -0.1) is 0 Å². The number of carbonyl (C=O) groups is 3. The maximum atomic E-state index is 11.6. The average molecular weight is 292 g/mol. The summed E-state index contributed by atoms with van der Waals surface area (Å²) < 4.78 is 4.45. The molecule has 0 heterocycles. The minimum absolute atomic E-state index is 0.122. The molecule has 2 amide bonds. The average Bonchev–Trinajstić information content (AvgIpc) is 2.48. The van der Waals surface area contributed by atoms with Gasteiger partial charge in [0.15, 0.2) is 0 Å². The summed E-state index contributed by atoms with van der Waals surface area (Å²) >= 11 is 0. The Morgan fingerprint density at radius 2 is 1.57 bits per heavy atom. The fraction of sp³-hybridized carbons (Fsp3) is 0.400. The van der Waals surface area contributed by atoms with E-state index in [1.54, 1.807) is 0 Å². The highest BCUT2D eigenvalue weighted by Gasteiger charge is 2.06. The third kappa shape index (κ3) is 7.71. The van der Waals surface area contributed by atoms with Crippen molar-refractivity contribution in [2.75, 3.05) is 20.2 Å². The Morgan fingerprint density at radius 3 is 2.24 bits per heavy atom. The number of hydrogen-bond donors (Lipinski definition) is 2. The van der Waals surface area contributed by atoms with Gasteiger partial charge in [0, 0.05) is 19.5 Å². The van der Waals surface area contributed by atoms with Crippen molar-refractivity contribution >= 4 is 17.8 Å². The highest BCUT2D eigenvalue weighted by molar-refractivity contribution is 5.80. The fourth-order valence-corrected chi connectivity index (χ4v) is 1.65.